The standard InChI is InChI=1S/C15H25NO8.C10H18O8.C10H18O4.C6H9NO6.C5H8O4.C4H7NO4/c17-12(3-5-14(19)20)2-1-8-23-10-11-24-9-7-16-13(18)4-6-15(21)22;11-9(12)7-17-5-3-15-1-2-16-4-6-18-8-10(13)14;11-9(12)7-5-3-1-2-4-6-8-10(13)14;8-4(9)1-7(2-5(10)11)3-6(12)13;6-4(7)2-1-3-5(8)9;5-2(4(8)9)1-3(6)7/h1-11H2,(H,16,18)(H,19,20)(H,21,22);1-8H2,(H,11,12)(H,13,14);1-8H2,(H,11,12)(H,13,14);1-3H2,(H,8,9)(H,10,11)(H,12,13);1-3H2,(H,6,7)(H,8,9);2H,1,5H2,(H,6,7)(H,8,9). The van der Waals surface area contributed by atoms with Crippen LogP contribution >= 0.6 is 0 Å². The van der Waals surface area contributed by atoms with Crippen molar-refractivity contribution in [3.63, 3.8) is 0 Å². The Kier molecular flexibility index (Phi) is 67.8. The minimum absolute atomic E-state index is 0.0520. The maximum Gasteiger partial charge on any atom is 0.329 e. The van der Waals surface area contributed by atoms with E-state index in [1.165, 1.54) is 0 Å². The molecule has 0 aliphatic rings. The van der Waals surface area contributed by atoms with Crippen LogP contribution in [0.25, 0.3) is 0 Å². The molecule has 87 heavy (non-hydrogen) atoms. The van der Waals surface area contributed by atoms with E-state index in [1.54, 1.807) is 0 Å². The van der Waals surface area contributed by atoms with E-state index in [-0.39, 0.29) is 95.9 Å². The van der Waals surface area contributed by atoms with Gasteiger partial charge in [0.2, 0.25) is 5.91 Å². The van der Waals surface area contributed by atoms with Crippen molar-refractivity contribution in [1.82, 2.24) is 10.2 Å². The smallest absolute Gasteiger partial charge is 0.329 e. The molecule has 0 fully saturated rings. The fraction of sp³-hybridized carbons (Fsp3) is 0.700. The first kappa shape index (κ1) is 90.1. The molecule has 0 spiro atoms. The molecular weight excluding hydrogens is 1190 g/mol. The van der Waals surface area contributed by atoms with Crippen LogP contribution in [0, 0.1) is 0 Å². The Hall–Kier alpha value is -8.07. The van der Waals surface area contributed by atoms with Gasteiger partial charge in [-0.15, -0.1) is 0 Å². The van der Waals surface area contributed by atoms with Crippen molar-refractivity contribution in [2.45, 2.75) is 122 Å². The number of rotatable bonds is 51. The van der Waals surface area contributed by atoms with Crippen LogP contribution in [-0.2, 0) is 100 Å². The van der Waals surface area contributed by atoms with Crippen LogP contribution in [0.4, 0.5) is 0 Å². The molecule has 0 heterocycles. The number of nitrogens with one attached hydrogen (secondary N) is 1. The number of Topliss-reactive ketones (excluding diaryl/α,β-unsaturated/α-hetero) is 1. The molecule has 0 rings (SSSR count). The van der Waals surface area contributed by atoms with E-state index >= 15 is 0 Å². The van der Waals surface area contributed by atoms with Gasteiger partial charge in [0, 0.05) is 58.1 Å². The van der Waals surface area contributed by atoms with Gasteiger partial charge in [-0.3, -0.25) is 67.2 Å². The van der Waals surface area contributed by atoms with E-state index in [0.29, 0.717) is 72.2 Å². The number of amides is 1. The molecule has 0 saturated heterocycles. The molecule has 0 aromatic carbocycles. The van der Waals surface area contributed by atoms with Gasteiger partial charge in [-0.2, -0.15) is 0 Å². The molecule has 1 amide bonds. The predicted octanol–water partition coefficient (Wildman–Crippen LogP) is -0.546. The molecule has 1 atom stereocenters. The van der Waals surface area contributed by atoms with Crippen molar-refractivity contribution in [1.29, 1.82) is 0 Å². The molecule has 0 aromatic heterocycles. The molecule has 504 valence electrons. The van der Waals surface area contributed by atoms with Crippen LogP contribution in [0.1, 0.15) is 116 Å². The number of ether oxygens (including phenoxy) is 6. The topological polar surface area (TPSA) is 616 Å². The van der Waals surface area contributed by atoms with Gasteiger partial charge in [-0.25, -0.2) is 9.59 Å². The van der Waals surface area contributed by atoms with Crippen LogP contribution in [0.15, 0.2) is 0 Å². The Morgan fingerprint density at radius 3 is 0.954 bits per heavy atom. The van der Waals surface area contributed by atoms with Crippen molar-refractivity contribution in [2.24, 2.45) is 5.73 Å². The third-order valence-electron chi connectivity index (χ3n) is 9.04. The normalized spacial score (nSPS) is 10.3. The molecule has 0 aliphatic heterocycles. The fourth-order valence-corrected chi connectivity index (χ4v) is 5.18. The Bertz CT molecular complexity index is 1850. The Balaban J connectivity index is -0.000000234. The Morgan fingerprint density at radius 2 is 0.632 bits per heavy atom. The zero-order chi connectivity index (χ0) is 67.8. The Morgan fingerprint density at radius 1 is 0.310 bits per heavy atom. The molecule has 0 aromatic rings. The molecule has 37 heteroatoms. The summed E-state index contributed by atoms with van der Waals surface area (Å²) in [6.07, 6.45) is 5.89. The van der Waals surface area contributed by atoms with E-state index in [4.69, 9.17) is 101 Å². The highest BCUT2D eigenvalue weighted by Crippen LogP contribution is 2.08. The second kappa shape index (κ2) is 65.5. The number of nitrogens with two attached hydrogens (primary N) is 1. The van der Waals surface area contributed by atoms with Crippen LogP contribution in [0.3, 0.4) is 0 Å². The van der Waals surface area contributed by atoms with Crippen LogP contribution in [0.2, 0.25) is 0 Å². The average Bonchev–Trinajstić information content (AvgIpc) is 3.41. The number of carbonyl (C=O) groups is 15. The van der Waals surface area contributed by atoms with Gasteiger partial charge in [0.25, 0.3) is 0 Å². The van der Waals surface area contributed by atoms with Crippen molar-refractivity contribution in [3.05, 3.63) is 0 Å². The minimum Gasteiger partial charge on any atom is -0.481 e. The van der Waals surface area contributed by atoms with Crippen molar-refractivity contribution >= 4 is 89.3 Å². The summed E-state index contributed by atoms with van der Waals surface area (Å²) in [4.78, 5) is 154. The van der Waals surface area contributed by atoms with E-state index in [2.05, 4.69) is 5.32 Å². The molecule has 0 saturated carbocycles. The number of carboxylic acid groups (broad SMARTS) is 13. The molecule has 16 N–H and O–H groups in total. The lowest BCUT2D eigenvalue weighted by molar-refractivity contribution is -0.146. The zero-order valence-corrected chi connectivity index (χ0v) is 48.0. The Labute approximate surface area is 498 Å². The first-order chi connectivity index (χ1) is 40.7. The number of carbonyl (C=O) groups excluding carboxylic acids is 2. The second-order valence-electron chi connectivity index (χ2n) is 17.0. The number of aliphatic carboxylic acids is 13. The number of hydrogen-bond acceptors (Lipinski definition) is 23. The summed E-state index contributed by atoms with van der Waals surface area (Å²) in [6, 6.07) is -1.29. The third kappa shape index (κ3) is 100. The lowest BCUT2D eigenvalue weighted by Crippen LogP contribution is -2.38. The first-order valence-electron chi connectivity index (χ1n) is 26.3. The van der Waals surface area contributed by atoms with Crippen molar-refractivity contribution in [2.75, 3.05) is 105 Å². The van der Waals surface area contributed by atoms with Gasteiger partial charge in [0.05, 0.1) is 98.4 Å². The number of carboxylic acids is 13. The van der Waals surface area contributed by atoms with Crippen LogP contribution in [0.5, 0.6) is 0 Å². The minimum atomic E-state index is -1.29. The summed E-state index contributed by atoms with van der Waals surface area (Å²) in [5.41, 5.74) is 4.84. The van der Waals surface area contributed by atoms with Crippen LogP contribution < -0.4 is 11.1 Å². The lowest BCUT2D eigenvalue weighted by Gasteiger charge is -2.14. The highest BCUT2D eigenvalue weighted by atomic mass is 16.6. The monoisotopic (exact) mass is 1270 g/mol. The summed E-state index contributed by atoms with van der Waals surface area (Å²) >= 11 is 0. The van der Waals surface area contributed by atoms with Gasteiger partial charge in [-0.05, 0) is 25.7 Å². The zero-order valence-electron chi connectivity index (χ0n) is 48.0. The lowest BCUT2D eigenvalue weighted by atomic mass is 10.1. The first-order valence-corrected chi connectivity index (χ1v) is 26.3. The van der Waals surface area contributed by atoms with Crippen molar-refractivity contribution in [3.8, 4) is 0 Å². The summed E-state index contributed by atoms with van der Waals surface area (Å²) in [5.74, 6) is -14.1. The fourth-order valence-electron chi connectivity index (χ4n) is 5.18. The SMILES string of the molecule is NC(CC(=O)O)C(=O)O.O=C(O)CCC(=O)CCCOCCOCCNC(=O)CCC(=O)O.O=C(O)CCCC(=O)O.O=C(O)CCCCCCCCC(=O)O.O=C(O)CN(CC(=O)O)CC(=O)O.O=C(O)COCCOCCOCCOCC(=O)O. The largest absolute Gasteiger partial charge is 0.481 e. The van der Waals surface area contributed by atoms with E-state index < -0.39 is 110 Å². The van der Waals surface area contributed by atoms with Gasteiger partial charge < -0.3 is 106 Å². The number of nitrogens with zero attached hydrogens (tertiary/aromatic N) is 1. The van der Waals surface area contributed by atoms with Gasteiger partial charge in [-0.1, -0.05) is 25.7 Å². The second-order valence-corrected chi connectivity index (χ2v) is 17.0. The molecule has 0 bridgehead atoms. The quantitative estimate of drug-likeness (QED) is 0.0340. The summed E-state index contributed by atoms with van der Waals surface area (Å²) < 4.78 is 30.1. The highest BCUT2D eigenvalue weighted by molar-refractivity contribution is 5.82. The molecule has 0 aliphatic carbocycles. The van der Waals surface area contributed by atoms with Crippen molar-refractivity contribution < 1.29 is 167 Å². The maximum absolute atomic E-state index is 11.3. The summed E-state index contributed by atoms with van der Waals surface area (Å²) in [5, 5.41) is 110. The van der Waals surface area contributed by atoms with E-state index in [9.17, 15) is 71.9 Å². The molecule has 0 radical (unpaired) electrons. The number of hydrogen-bond donors (Lipinski definition) is 15. The molecule has 1 unspecified atom stereocenters. The third-order valence-corrected chi connectivity index (χ3v) is 9.04. The predicted molar refractivity (Wildman–Crippen MR) is 290 cm³/mol. The summed E-state index contributed by atoms with van der Waals surface area (Å²) in [7, 11) is 0. The summed E-state index contributed by atoms with van der Waals surface area (Å²) in [6.45, 7) is 0.983. The molecule has 37 nitrogen and oxygen atoms in total. The van der Waals surface area contributed by atoms with E-state index in [1.807, 2.05) is 0 Å². The average molecular weight is 1270 g/mol. The maximum atomic E-state index is 11.3. The molecular formula is C50H85N3O34. The highest BCUT2D eigenvalue weighted by Gasteiger charge is 2.16. The van der Waals surface area contributed by atoms with Gasteiger partial charge in [0.15, 0.2) is 0 Å². The van der Waals surface area contributed by atoms with Gasteiger partial charge in [0.1, 0.15) is 25.0 Å². The van der Waals surface area contributed by atoms with E-state index in [0.717, 1.165) is 43.4 Å². The number of ketones is 1. The van der Waals surface area contributed by atoms with Crippen LogP contribution in [-0.4, -0.2) is 272 Å². The van der Waals surface area contributed by atoms with Gasteiger partial charge >= 0.3 is 77.6 Å². The number of unbranched alkanes of at least 4 members (excludes halogenated alkanes) is 5.